The van der Waals surface area contributed by atoms with Crippen LogP contribution in [0.3, 0.4) is 0 Å². The van der Waals surface area contributed by atoms with Crippen molar-refractivity contribution >= 4 is 6.29 Å². The molecule has 0 spiro atoms. The molecular weight excluding hydrogens is 202 g/mol. The van der Waals surface area contributed by atoms with Gasteiger partial charge in [0.1, 0.15) is 12.0 Å². The number of hydrogen-bond donors (Lipinski definition) is 2. The molecule has 1 rings (SSSR count). The number of hydrogen-bond acceptors (Lipinski definition) is 3. The number of phenolic OH excluding ortho intramolecular Hbond substituents is 1. The van der Waals surface area contributed by atoms with Gasteiger partial charge >= 0.3 is 0 Å². The van der Waals surface area contributed by atoms with Gasteiger partial charge in [0.05, 0.1) is 6.04 Å². The highest BCUT2D eigenvalue weighted by Gasteiger charge is 2.18. The van der Waals surface area contributed by atoms with Gasteiger partial charge in [0.15, 0.2) is 0 Å². The van der Waals surface area contributed by atoms with E-state index in [9.17, 15) is 9.90 Å². The molecule has 0 saturated carbocycles. The standard InChI is InChI=1S/C13H19NO2/c1-13(2,3)11-7-9(4-5-12(11)16)6-10(14)8-15/h4-5,7-8,10,16H,6,14H2,1-3H3/t10-/m0/s1. The highest BCUT2D eigenvalue weighted by Crippen LogP contribution is 2.31. The van der Waals surface area contributed by atoms with Gasteiger partial charge in [-0.2, -0.15) is 0 Å². The Hall–Kier alpha value is -1.35. The van der Waals surface area contributed by atoms with Crippen LogP contribution in [0.5, 0.6) is 5.75 Å². The van der Waals surface area contributed by atoms with Gasteiger partial charge in [-0.3, -0.25) is 0 Å². The lowest BCUT2D eigenvalue weighted by molar-refractivity contribution is -0.108. The molecule has 0 heterocycles. The molecule has 0 amide bonds. The number of nitrogens with two attached hydrogens (primary N) is 1. The van der Waals surface area contributed by atoms with Crippen molar-refractivity contribution < 1.29 is 9.90 Å². The summed E-state index contributed by atoms with van der Waals surface area (Å²) in [4.78, 5) is 10.5. The van der Waals surface area contributed by atoms with Gasteiger partial charge in [0, 0.05) is 0 Å². The number of carbonyl (C=O) groups is 1. The third-order valence-corrected chi connectivity index (χ3v) is 2.52. The van der Waals surface area contributed by atoms with E-state index in [0.717, 1.165) is 17.4 Å². The van der Waals surface area contributed by atoms with Gasteiger partial charge in [-0.05, 0) is 29.0 Å². The molecule has 3 N–H and O–H groups in total. The van der Waals surface area contributed by atoms with Crippen LogP contribution in [0.15, 0.2) is 18.2 Å². The van der Waals surface area contributed by atoms with Crippen molar-refractivity contribution in [1.29, 1.82) is 0 Å². The van der Waals surface area contributed by atoms with E-state index in [4.69, 9.17) is 5.73 Å². The van der Waals surface area contributed by atoms with Crippen molar-refractivity contribution in [3.05, 3.63) is 29.3 Å². The van der Waals surface area contributed by atoms with Crippen LogP contribution in [0.2, 0.25) is 0 Å². The molecule has 0 fully saturated rings. The first kappa shape index (κ1) is 12.7. The molecule has 88 valence electrons. The van der Waals surface area contributed by atoms with Crippen LogP contribution in [-0.2, 0) is 16.6 Å². The number of phenols is 1. The molecule has 1 atom stereocenters. The Kier molecular flexibility index (Phi) is 3.70. The van der Waals surface area contributed by atoms with Crippen molar-refractivity contribution in [2.45, 2.75) is 38.6 Å². The highest BCUT2D eigenvalue weighted by atomic mass is 16.3. The molecule has 0 unspecified atom stereocenters. The second-order valence-electron chi connectivity index (χ2n) is 5.11. The van der Waals surface area contributed by atoms with Crippen LogP contribution in [0.4, 0.5) is 0 Å². The number of rotatable bonds is 3. The predicted molar refractivity (Wildman–Crippen MR) is 64.6 cm³/mol. The Morgan fingerprint density at radius 2 is 2.06 bits per heavy atom. The van der Waals surface area contributed by atoms with Gasteiger partial charge in [-0.15, -0.1) is 0 Å². The number of aldehydes is 1. The van der Waals surface area contributed by atoms with Crippen molar-refractivity contribution in [3.63, 3.8) is 0 Å². The molecule has 0 aliphatic rings. The minimum atomic E-state index is -0.475. The van der Waals surface area contributed by atoms with Crippen LogP contribution in [-0.4, -0.2) is 17.4 Å². The summed E-state index contributed by atoms with van der Waals surface area (Å²) < 4.78 is 0. The van der Waals surface area contributed by atoms with Gasteiger partial charge in [0.25, 0.3) is 0 Å². The summed E-state index contributed by atoms with van der Waals surface area (Å²) >= 11 is 0. The molecule has 0 aliphatic carbocycles. The smallest absolute Gasteiger partial charge is 0.137 e. The van der Waals surface area contributed by atoms with E-state index in [1.165, 1.54) is 0 Å². The Morgan fingerprint density at radius 3 is 2.56 bits per heavy atom. The van der Waals surface area contributed by atoms with Crippen LogP contribution in [0, 0.1) is 0 Å². The van der Waals surface area contributed by atoms with E-state index in [1.54, 1.807) is 12.1 Å². The van der Waals surface area contributed by atoms with Gasteiger partial charge in [-0.1, -0.05) is 32.9 Å². The molecule has 0 saturated heterocycles. The first-order valence-electron chi connectivity index (χ1n) is 5.38. The zero-order valence-corrected chi connectivity index (χ0v) is 10.0. The third-order valence-electron chi connectivity index (χ3n) is 2.52. The topological polar surface area (TPSA) is 63.3 Å². The number of aromatic hydroxyl groups is 1. The van der Waals surface area contributed by atoms with E-state index >= 15 is 0 Å². The second-order valence-corrected chi connectivity index (χ2v) is 5.11. The van der Waals surface area contributed by atoms with E-state index in [-0.39, 0.29) is 11.2 Å². The maximum Gasteiger partial charge on any atom is 0.137 e. The summed E-state index contributed by atoms with van der Waals surface area (Å²) in [7, 11) is 0. The molecular formula is C13H19NO2. The van der Waals surface area contributed by atoms with E-state index < -0.39 is 6.04 Å². The molecule has 3 nitrogen and oxygen atoms in total. The minimum Gasteiger partial charge on any atom is -0.508 e. The first-order chi connectivity index (χ1) is 7.34. The van der Waals surface area contributed by atoms with E-state index in [0.29, 0.717) is 6.42 Å². The maximum absolute atomic E-state index is 10.5. The monoisotopic (exact) mass is 221 g/mol. The van der Waals surface area contributed by atoms with E-state index in [2.05, 4.69) is 0 Å². The van der Waals surface area contributed by atoms with Crippen LogP contribution < -0.4 is 5.73 Å². The first-order valence-corrected chi connectivity index (χ1v) is 5.38. The predicted octanol–water partition coefficient (Wildman–Crippen LogP) is 1.76. The Morgan fingerprint density at radius 1 is 1.44 bits per heavy atom. The Labute approximate surface area is 96.3 Å². The molecule has 1 aromatic rings. The highest BCUT2D eigenvalue weighted by molar-refractivity contribution is 5.58. The minimum absolute atomic E-state index is 0.120. The van der Waals surface area contributed by atoms with Crippen LogP contribution in [0.1, 0.15) is 31.9 Å². The molecule has 0 radical (unpaired) electrons. The van der Waals surface area contributed by atoms with E-state index in [1.807, 2.05) is 26.8 Å². The largest absolute Gasteiger partial charge is 0.508 e. The average Bonchev–Trinajstić information content (AvgIpc) is 2.19. The van der Waals surface area contributed by atoms with Crippen molar-refractivity contribution in [2.75, 3.05) is 0 Å². The lowest BCUT2D eigenvalue weighted by atomic mass is 9.85. The molecule has 0 aromatic heterocycles. The Bertz CT molecular complexity index is 380. The Balaban J connectivity index is 3.03. The maximum atomic E-state index is 10.5. The number of carbonyl (C=O) groups excluding carboxylic acids is 1. The van der Waals surface area contributed by atoms with Gasteiger partial charge in [0.2, 0.25) is 0 Å². The summed E-state index contributed by atoms with van der Waals surface area (Å²) in [5.41, 5.74) is 7.30. The van der Waals surface area contributed by atoms with Gasteiger partial charge in [-0.25, -0.2) is 0 Å². The lowest BCUT2D eigenvalue weighted by Crippen LogP contribution is -2.24. The zero-order valence-electron chi connectivity index (χ0n) is 10.0. The quantitative estimate of drug-likeness (QED) is 0.764. The zero-order chi connectivity index (χ0) is 12.3. The third kappa shape index (κ3) is 3.07. The summed E-state index contributed by atoms with van der Waals surface area (Å²) in [6.45, 7) is 6.10. The average molecular weight is 221 g/mol. The molecule has 0 bridgehead atoms. The van der Waals surface area contributed by atoms with Crippen LogP contribution >= 0.6 is 0 Å². The summed E-state index contributed by atoms with van der Waals surface area (Å²) in [6.07, 6.45) is 1.25. The van der Waals surface area contributed by atoms with Gasteiger partial charge < -0.3 is 15.6 Å². The number of benzene rings is 1. The summed E-state index contributed by atoms with van der Waals surface area (Å²) in [5, 5.41) is 9.76. The fourth-order valence-corrected chi connectivity index (χ4v) is 1.63. The molecule has 3 heteroatoms. The lowest BCUT2D eigenvalue weighted by Gasteiger charge is -2.21. The summed E-state index contributed by atoms with van der Waals surface area (Å²) in [5.74, 6) is 0.288. The van der Waals surface area contributed by atoms with Crippen molar-refractivity contribution in [2.24, 2.45) is 5.73 Å². The second kappa shape index (κ2) is 4.66. The normalized spacial score (nSPS) is 13.5. The molecule has 1 aromatic carbocycles. The molecule has 0 aliphatic heterocycles. The van der Waals surface area contributed by atoms with Crippen molar-refractivity contribution in [1.82, 2.24) is 0 Å². The summed E-state index contributed by atoms with van der Waals surface area (Å²) in [6, 6.07) is 4.90. The van der Waals surface area contributed by atoms with Crippen molar-refractivity contribution in [3.8, 4) is 5.75 Å². The fourth-order valence-electron chi connectivity index (χ4n) is 1.63. The SMILES string of the molecule is CC(C)(C)c1cc(C[C@H](N)C=O)ccc1O. The van der Waals surface area contributed by atoms with Crippen LogP contribution in [0.25, 0.3) is 0 Å². The fraction of sp³-hybridized carbons (Fsp3) is 0.462. The molecule has 16 heavy (non-hydrogen) atoms.